The number of benzene rings is 1. The van der Waals surface area contributed by atoms with Crippen LogP contribution in [0.3, 0.4) is 0 Å². The Kier molecular flexibility index (Phi) is 7.92. The van der Waals surface area contributed by atoms with Gasteiger partial charge in [-0.05, 0) is 63.0 Å². The lowest BCUT2D eigenvalue weighted by atomic mass is 9.92. The highest BCUT2D eigenvalue weighted by Crippen LogP contribution is 2.43. The van der Waals surface area contributed by atoms with E-state index in [1.165, 1.54) is 18.4 Å². The van der Waals surface area contributed by atoms with Gasteiger partial charge in [0.1, 0.15) is 5.60 Å². The van der Waals surface area contributed by atoms with Crippen molar-refractivity contribution >= 4 is 12.0 Å². The summed E-state index contributed by atoms with van der Waals surface area (Å²) in [5.41, 5.74) is 1.62. The Hall–Kier alpha value is -2.29. The monoisotopic (exact) mass is 469 g/mol. The largest absolute Gasteiger partial charge is 0.471 e. The number of piperazine rings is 1. The zero-order chi connectivity index (χ0) is 24.2. The van der Waals surface area contributed by atoms with Crippen molar-refractivity contribution in [3.8, 4) is 0 Å². The summed E-state index contributed by atoms with van der Waals surface area (Å²) in [6.07, 6.45) is -2.35. The molecule has 1 saturated heterocycles. The minimum atomic E-state index is -4.85. The smallest absolute Gasteiger partial charge is 0.444 e. The minimum absolute atomic E-state index is 0.0499. The van der Waals surface area contributed by atoms with Gasteiger partial charge < -0.3 is 15.0 Å². The fourth-order valence-electron chi connectivity index (χ4n) is 4.09. The number of carbonyl (C=O) groups is 2. The molecule has 1 aromatic rings. The van der Waals surface area contributed by atoms with Crippen molar-refractivity contribution < 1.29 is 27.5 Å². The normalized spacial score (nSPS) is 18.7. The maximum atomic E-state index is 12.3. The molecule has 184 valence electrons. The average molecular weight is 470 g/mol. The molecule has 3 rings (SSSR count). The highest BCUT2D eigenvalue weighted by Gasteiger charge is 2.38. The van der Waals surface area contributed by atoms with Crippen LogP contribution in [-0.2, 0) is 16.0 Å². The van der Waals surface area contributed by atoms with Crippen molar-refractivity contribution in [3.63, 3.8) is 0 Å². The molecule has 1 saturated carbocycles. The van der Waals surface area contributed by atoms with Crippen molar-refractivity contribution in [2.45, 2.75) is 57.7 Å². The summed E-state index contributed by atoms with van der Waals surface area (Å²) < 4.78 is 42.3. The number of rotatable bonds is 7. The van der Waals surface area contributed by atoms with E-state index in [1.807, 2.05) is 38.2 Å². The lowest BCUT2D eigenvalue weighted by Gasteiger charge is -2.37. The van der Waals surface area contributed by atoms with Gasteiger partial charge in [0, 0.05) is 39.3 Å². The highest BCUT2D eigenvalue weighted by molar-refractivity contribution is 5.81. The van der Waals surface area contributed by atoms with Crippen LogP contribution in [0, 0.1) is 5.92 Å². The van der Waals surface area contributed by atoms with Gasteiger partial charge >= 0.3 is 18.2 Å². The molecule has 1 atom stereocenters. The van der Waals surface area contributed by atoms with Crippen LogP contribution in [0.4, 0.5) is 18.0 Å². The second-order valence-electron chi connectivity index (χ2n) is 9.96. The zero-order valence-electron chi connectivity index (χ0n) is 19.6. The maximum absolute atomic E-state index is 12.3. The zero-order valence-corrected chi connectivity index (χ0v) is 19.6. The lowest BCUT2D eigenvalue weighted by molar-refractivity contribution is -0.173. The van der Waals surface area contributed by atoms with Gasteiger partial charge in [-0.1, -0.05) is 24.3 Å². The molecule has 0 bridgehead atoms. The van der Waals surface area contributed by atoms with Crippen LogP contribution in [0.5, 0.6) is 0 Å². The van der Waals surface area contributed by atoms with Gasteiger partial charge in [0.05, 0.1) is 0 Å². The van der Waals surface area contributed by atoms with Crippen molar-refractivity contribution in [1.82, 2.24) is 15.1 Å². The fraction of sp³-hybridized carbons (Fsp3) is 0.667. The van der Waals surface area contributed by atoms with E-state index >= 15 is 0 Å². The second-order valence-corrected chi connectivity index (χ2v) is 9.96. The summed E-state index contributed by atoms with van der Waals surface area (Å²) in [6.45, 7) is 9.38. The number of amides is 2. The third-order valence-corrected chi connectivity index (χ3v) is 6.03. The third-order valence-electron chi connectivity index (χ3n) is 6.03. The SMILES string of the molecule is CC(C)(C)OC(=O)N1CCN(C[C@H](c2ccc(CCNC(=O)C(F)(F)F)cc2)C2CC2)CC1. The Bertz CT molecular complexity index is 809. The van der Waals surface area contributed by atoms with Crippen LogP contribution >= 0.6 is 0 Å². The number of carbonyl (C=O) groups excluding carboxylic acids is 2. The second kappa shape index (κ2) is 10.3. The van der Waals surface area contributed by atoms with E-state index in [-0.39, 0.29) is 12.6 Å². The van der Waals surface area contributed by atoms with Crippen molar-refractivity contribution in [2.75, 3.05) is 39.3 Å². The number of nitrogens with zero attached hydrogens (tertiary/aromatic N) is 2. The first-order valence-electron chi connectivity index (χ1n) is 11.6. The molecule has 0 aromatic heterocycles. The molecular formula is C24H34F3N3O3. The maximum Gasteiger partial charge on any atom is 0.471 e. The predicted molar refractivity (Wildman–Crippen MR) is 119 cm³/mol. The van der Waals surface area contributed by atoms with Crippen molar-refractivity contribution in [2.24, 2.45) is 5.92 Å². The standard InChI is InChI=1S/C24H34F3N3O3/c1-23(2,3)33-22(32)30-14-12-29(13-15-30)16-20(19-8-9-19)18-6-4-17(5-7-18)10-11-28-21(31)24(25,26)27/h4-7,19-20H,8-16H2,1-3H3,(H,28,31)/t20-/m1/s1. The van der Waals surface area contributed by atoms with E-state index in [0.717, 1.165) is 25.2 Å². The fourth-order valence-corrected chi connectivity index (χ4v) is 4.09. The minimum Gasteiger partial charge on any atom is -0.444 e. The summed E-state index contributed by atoms with van der Waals surface area (Å²) in [5.74, 6) is -0.859. The molecule has 0 spiro atoms. The molecule has 2 amide bonds. The van der Waals surface area contributed by atoms with Gasteiger partial charge in [-0.2, -0.15) is 13.2 Å². The lowest BCUT2D eigenvalue weighted by Crippen LogP contribution is -2.50. The Balaban J connectivity index is 1.49. The van der Waals surface area contributed by atoms with Crippen molar-refractivity contribution in [1.29, 1.82) is 0 Å². The first kappa shape index (κ1) is 25.3. The van der Waals surface area contributed by atoms with Gasteiger partial charge in [0.25, 0.3) is 0 Å². The van der Waals surface area contributed by atoms with Gasteiger partial charge in [0.2, 0.25) is 0 Å². The molecule has 0 unspecified atom stereocenters. The molecular weight excluding hydrogens is 435 g/mol. The van der Waals surface area contributed by atoms with Crippen LogP contribution in [0.25, 0.3) is 0 Å². The van der Waals surface area contributed by atoms with Gasteiger partial charge in [-0.15, -0.1) is 0 Å². The number of hydrogen-bond donors (Lipinski definition) is 1. The number of halogens is 3. The molecule has 6 nitrogen and oxygen atoms in total. The molecule has 33 heavy (non-hydrogen) atoms. The summed E-state index contributed by atoms with van der Waals surface area (Å²) in [5, 5.41) is 1.91. The molecule has 9 heteroatoms. The average Bonchev–Trinajstić information content (AvgIpc) is 3.56. The van der Waals surface area contributed by atoms with E-state index < -0.39 is 17.7 Å². The Morgan fingerprint density at radius 1 is 1.06 bits per heavy atom. The Morgan fingerprint density at radius 3 is 2.18 bits per heavy atom. The quantitative estimate of drug-likeness (QED) is 0.657. The van der Waals surface area contributed by atoms with Gasteiger partial charge in [-0.3, -0.25) is 9.69 Å². The first-order chi connectivity index (χ1) is 15.4. The summed E-state index contributed by atoms with van der Waals surface area (Å²) in [6, 6.07) is 7.98. The van der Waals surface area contributed by atoms with E-state index in [9.17, 15) is 22.8 Å². The molecule has 2 aliphatic rings. The molecule has 0 radical (unpaired) electrons. The van der Waals surface area contributed by atoms with Crippen molar-refractivity contribution in [3.05, 3.63) is 35.4 Å². The van der Waals surface area contributed by atoms with Crippen LogP contribution < -0.4 is 5.32 Å². The summed E-state index contributed by atoms with van der Waals surface area (Å²) in [4.78, 5) is 27.4. The van der Waals surface area contributed by atoms with E-state index in [2.05, 4.69) is 17.0 Å². The Labute approximate surface area is 193 Å². The first-order valence-corrected chi connectivity index (χ1v) is 11.6. The number of nitrogens with one attached hydrogen (secondary N) is 1. The molecule has 1 aliphatic heterocycles. The van der Waals surface area contributed by atoms with Gasteiger partial charge in [0.15, 0.2) is 0 Å². The van der Waals surface area contributed by atoms with Crippen LogP contribution in [0.1, 0.15) is 50.7 Å². The highest BCUT2D eigenvalue weighted by atomic mass is 19.4. The number of alkyl halides is 3. The summed E-state index contributed by atoms with van der Waals surface area (Å²) in [7, 11) is 0. The number of ether oxygens (including phenoxy) is 1. The topological polar surface area (TPSA) is 61.9 Å². The van der Waals surface area contributed by atoms with Crippen LogP contribution in [-0.4, -0.2) is 72.8 Å². The molecule has 1 aromatic carbocycles. The van der Waals surface area contributed by atoms with Crippen LogP contribution in [0.2, 0.25) is 0 Å². The van der Waals surface area contributed by atoms with Crippen LogP contribution in [0.15, 0.2) is 24.3 Å². The number of hydrogen-bond acceptors (Lipinski definition) is 4. The molecule has 1 heterocycles. The van der Waals surface area contributed by atoms with E-state index in [1.54, 1.807) is 4.90 Å². The summed E-state index contributed by atoms with van der Waals surface area (Å²) >= 11 is 0. The van der Waals surface area contributed by atoms with E-state index in [0.29, 0.717) is 31.3 Å². The molecule has 1 aliphatic carbocycles. The third kappa shape index (κ3) is 7.91. The van der Waals surface area contributed by atoms with Gasteiger partial charge in [-0.25, -0.2) is 4.79 Å². The molecule has 2 fully saturated rings. The molecule has 1 N–H and O–H groups in total. The predicted octanol–water partition coefficient (Wildman–Crippen LogP) is 3.95. The van der Waals surface area contributed by atoms with E-state index in [4.69, 9.17) is 4.74 Å². The Morgan fingerprint density at radius 2 is 1.67 bits per heavy atom.